The summed E-state index contributed by atoms with van der Waals surface area (Å²) >= 11 is 1.73. The van der Waals surface area contributed by atoms with Crippen molar-refractivity contribution >= 4 is 192 Å². The number of pyridine rings is 6. The molecule has 0 N–H and O–H groups in total. The van der Waals surface area contributed by atoms with Gasteiger partial charge in [0.05, 0.1) is 21.6 Å². The number of rotatable bonds is 12. The number of para-hydroxylation sites is 3. The van der Waals surface area contributed by atoms with Crippen molar-refractivity contribution in [3.63, 3.8) is 0 Å². The minimum absolute atomic E-state index is 0. The second kappa shape index (κ2) is 37.0. The Kier molecular flexibility index (Phi) is 24.2. The van der Waals surface area contributed by atoms with Crippen LogP contribution in [-0.2, 0) is 86.5 Å². The van der Waals surface area contributed by atoms with Gasteiger partial charge in [-0.2, -0.15) is 56.4 Å². The number of ether oxygens (including phenoxy) is 3. The van der Waals surface area contributed by atoms with Crippen molar-refractivity contribution in [3.8, 4) is 52.0 Å². The first kappa shape index (κ1) is 94.9. The zero-order valence-electron chi connectivity index (χ0n) is 81.3. The Morgan fingerprint density at radius 2 is 0.669 bits per heavy atom. The number of furan rings is 1. The van der Waals surface area contributed by atoms with Crippen molar-refractivity contribution in [2.45, 2.75) is 78.6 Å². The van der Waals surface area contributed by atoms with Gasteiger partial charge in [0.1, 0.15) is 27.9 Å². The quantitative estimate of drug-likeness (QED) is 0.106. The Labute approximate surface area is 886 Å². The summed E-state index contributed by atoms with van der Waals surface area (Å²) in [6.45, 7) is 26.2. The van der Waals surface area contributed by atoms with Gasteiger partial charge >= 0.3 is 0 Å². The predicted octanol–water partition coefficient (Wildman–Crippen LogP) is 29.8. The van der Waals surface area contributed by atoms with E-state index < -0.39 is 0 Å². The van der Waals surface area contributed by atoms with Gasteiger partial charge in [-0.15, -0.1) is 136 Å². The molecule has 726 valence electrons. The van der Waals surface area contributed by atoms with Gasteiger partial charge in [0, 0.05) is 214 Å². The first-order valence-corrected chi connectivity index (χ1v) is 48.2. The van der Waals surface area contributed by atoms with E-state index in [1.165, 1.54) is 43.2 Å². The van der Waals surface area contributed by atoms with E-state index >= 15 is 0 Å². The minimum atomic E-state index is -0.00729. The van der Waals surface area contributed by atoms with Crippen LogP contribution in [0.15, 0.2) is 315 Å². The Morgan fingerprint density at radius 3 is 1.12 bits per heavy atom. The molecule has 24 aromatic rings. The number of nitrogens with zero attached hydrogens (tertiary/aromatic N) is 16. The van der Waals surface area contributed by atoms with Gasteiger partial charge in [-0.3, -0.25) is 0 Å². The molecule has 12 aromatic carbocycles. The van der Waals surface area contributed by atoms with Crippen LogP contribution in [0.3, 0.4) is 0 Å². The zero-order valence-corrected chi connectivity index (χ0v) is 89.0. The second-order valence-corrected chi connectivity index (χ2v) is 40.4. The standard InChI is InChI=1S/C41H33N6O.C40H30N5O2.C40H30N5OS.3Pt/c1-41(2,3)26-19-21-42-37(22-26)47-34-14-7-6-12-30(34)31-16-15-29(24-36(31)47)48-28-11-8-10-27(23-28)46-25-44(4)39-35(46)18-17-32-33-13-9-20-43-40(33)45(5)38(32)39;2*1-40(2,3)25-18-20-41-36(21-25)45-33-13-6-5-11-29(33)30-15-14-28(23-35(30)45)46-27-10-7-9-26(22-27)44-24-43(4)37-34(44)17-16-31-32-12-8-19-42-39(32)47-38(31)37;;;/h6-22,25H,1-5H3;2*5-21,24H,1-4H3;;;/q3*-3;;;. The van der Waals surface area contributed by atoms with E-state index in [9.17, 15) is 0 Å². The van der Waals surface area contributed by atoms with E-state index in [4.69, 9.17) is 33.6 Å². The molecular weight excluding hydrogens is 2360 g/mol. The molecule has 0 radical (unpaired) electrons. The maximum absolute atomic E-state index is 6.48. The van der Waals surface area contributed by atoms with E-state index in [0.29, 0.717) is 40.2 Å². The van der Waals surface area contributed by atoms with Crippen LogP contribution in [0.2, 0.25) is 0 Å². The van der Waals surface area contributed by atoms with Gasteiger partial charge in [0.15, 0.2) is 5.58 Å². The number of aromatic nitrogens is 10. The average Bonchev–Trinajstić information content (AvgIpc) is 1.56. The van der Waals surface area contributed by atoms with E-state index in [2.05, 4.69) is 384 Å². The molecule has 0 atom stereocenters. The van der Waals surface area contributed by atoms with Crippen LogP contribution in [0, 0.1) is 56.4 Å². The number of hydrogen-bond acceptors (Lipinski definition) is 17. The van der Waals surface area contributed by atoms with Crippen LogP contribution in [-0.4, -0.2) is 69.3 Å². The van der Waals surface area contributed by atoms with Gasteiger partial charge in [0.25, 0.3) is 0 Å². The number of fused-ring (bicyclic) bond motifs is 24. The molecule has 20 nitrogen and oxygen atoms in total. The molecule has 0 fully saturated rings. The third-order valence-electron chi connectivity index (χ3n) is 27.2. The zero-order chi connectivity index (χ0) is 96.5. The third-order valence-corrected chi connectivity index (χ3v) is 28.3. The van der Waals surface area contributed by atoms with Gasteiger partial charge in [-0.1, -0.05) is 146 Å². The fraction of sp³-hybridized carbons (Fsp3) is 0.132. The monoisotopic (exact) mass is 2450 g/mol. The molecule has 0 amide bonds. The van der Waals surface area contributed by atoms with Crippen LogP contribution in [0.1, 0.15) is 79.0 Å². The van der Waals surface area contributed by atoms with Crippen LogP contribution < -0.4 is 43.6 Å². The summed E-state index contributed by atoms with van der Waals surface area (Å²) in [5.74, 6) is 6.22. The average molecular weight is 2450 g/mol. The van der Waals surface area contributed by atoms with Crippen molar-refractivity contribution in [2.24, 2.45) is 7.05 Å². The van der Waals surface area contributed by atoms with Crippen molar-refractivity contribution in [3.05, 3.63) is 383 Å². The normalized spacial score (nSPS) is 13.1. The van der Waals surface area contributed by atoms with Gasteiger partial charge in [0.2, 0.25) is 5.71 Å². The number of anilines is 9. The molecule has 0 aliphatic carbocycles. The van der Waals surface area contributed by atoms with Crippen LogP contribution in [0.4, 0.5) is 51.2 Å². The van der Waals surface area contributed by atoms with Crippen molar-refractivity contribution in [1.29, 1.82) is 0 Å². The van der Waals surface area contributed by atoms with E-state index in [0.717, 1.165) is 166 Å². The molecule has 0 spiro atoms. The fourth-order valence-electron chi connectivity index (χ4n) is 20.3. The molecule has 15 heterocycles. The second-order valence-electron chi connectivity index (χ2n) is 39.4. The summed E-state index contributed by atoms with van der Waals surface area (Å²) in [5, 5.41) is 13.5. The smallest absolute Gasteiger partial charge is 0.227 e. The summed E-state index contributed by atoms with van der Waals surface area (Å²) in [4.78, 5) is 42.0. The summed E-state index contributed by atoms with van der Waals surface area (Å²) in [6.07, 6.45) is 11.1. The van der Waals surface area contributed by atoms with Gasteiger partial charge < -0.3 is 66.3 Å². The molecule has 12 aromatic heterocycles. The predicted molar refractivity (Wildman–Crippen MR) is 576 cm³/mol. The van der Waals surface area contributed by atoms with E-state index in [-0.39, 0.29) is 79.4 Å². The minimum Gasteiger partial charge on any atom is -0.509 e. The van der Waals surface area contributed by atoms with Crippen molar-refractivity contribution in [2.75, 3.05) is 50.5 Å². The summed E-state index contributed by atoms with van der Waals surface area (Å²) in [7, 11) is 8.28. The molecule has 145 heavy (non-hydrogen) atoms. The summed E-state index contributed by atoms with van der Waals surface area (Å²) < 4.78 is 35.6. The summed E-state index contributed by atoms with van der Waals surface area (Å²) in [5.41, 5.74) is 22.3. The largest absolute Gasteiger partial charge is 0.509 e. The third kappa shape index (κ3) is 16.5. The van der Waals surface area contributed by atoms with Crippen LogP contribution in [0.25, 0.3) is 147 Å². The van der Waals surface area contributed by atoms with Gasteiger partial charge in [-0.05, 0) is 185 Å². The number of hydrogen-bond donors (Lipinski definition) is 0. The molecule has 3 aliphatic rings. The Balaban J connectivity index is 0.000000123. The van der Waals surface area contributed by atoms with Crippen molar-refractivity contribution in [1.82, 2.24) is 48.2 Å². The number of benzene rings is 12. The molecule has 0 saturated heterocycles. The SMILES string of the molecule is CN1[CH-]N(c2[c-]c(Oc3[c-]c4c(cc3)c3ccccc3n4-c3cc(C(C)(C)C)ccn3)ccc2)c2ccc3c(oc4ncccc43)c21.CN1[CH-]N(c2[c-]c(Oc3[c-]c4c(cc3)c3ccccc3n4-c3cc(C(C)(C)C)ccn3)ccc2)c2ccc3c(sc4ncccc43)c21.CN1[CH-]N(c2[c-]c(Oc3[c-]c4c(cc3)c3ccccc3n4-c3cc(C(C)(C)C)ccn3)ccc2)c2ccc3c4cccnc4n(C)c3c21.[Pt].[Pt].[Pt]. The molecule has 27 rings (SSSR count). The first-order chi connectivity index (χ1) is 68.9. The van der Waals surface area contributed by atoms with Gasteiger partial charge in [-0.25, -0.2) is 29.9 Å². The molecule has 24 heteroatoms. The fourth-order valence-corrected chi connectivity index (χ4v) is 21.5. The maximum Gasteiger partial charge on any atom is 0.227 e. The molecule has 0 bridgehead atoms. The maximum atomic E-state index is 6.48. The topological polar surface area (TPSA) is 157 Å². The van der Waals surface area contributed by atoms with Crippen LogP contribution in [0.5, 0.6) is 34.5 Å². The van der Waals surface area contributed by atoms with E-state index in [1.807, 2.05) is 130 Å². The Morgan fingerprint density at radius 1 is 0.303 bits per heavy atom. The molecule has 0 unspecified atom stereocenters. The van der Waals surface area contributed by atoms with E-state index in [1.54, 1.807) is 17.5 Å². The Hall–Kier alpha value is -15.0. The molecule has 0 saturated carbocycles. The molecular formula is C121H93N16O4Pt3S-9. The molecule has 3 aliphatic heterocycles. The van der Waals surface area contributed by atoms with Crippen LogP contribution >= 0.6 is 11.3 Å². The number of aryl methyl sites for hydroxylation is 1. The van der Waals surface area contributed by atoms with Crippen molar-refractivity contribution < 1.29 is 81.8 Å². The number of thiophene rings is 1. The first-order valence-electron chi connectivity index (χ1n) is 47.4. The Bertz CT molecular complexity index is 8910. The summed E-state index contributed by atoms with van der Waals surface area (Å²) in [6, 6.07) is 115.